The Morgan fingerprint density at radius 1 is 0.500 bits per heavy atom. The highest BCUT2D eigenvalue weighted by Crippen LogP contribution is 2.32. The van der Waals surface area contributed by atoms with E-state index in [9.17, 15) is 56.2 Å². The molecular weight excluding hydrogens is 524 g/mol. The minimum Gasteiger partial charge on any atom is -0.396 e. The first kappa shape index (κ1) is 33.5. The molecule has 3 aliphatic heterocycles. The quantitative estimate of drug-likeness (QED) is 0.130. The molecule has 226 valence electrons. The van der Waals surface area contributed by atoms with E-state index in [0.717, 1.165) is 6.42 Å². The molecule has 0 radical (unpaired) electrons. The summed E-state index contributed by atoms with van der Waals surface area (Å²) in [7, 11) is 0. The van der Waals surface area contributed by atoms with Gasteiger partial charge in [0.1, 0.15) is 73.2 Å². The third-order valence-electron chi connectivity index (χ3n) is 6.31. The molecule has 0 saturated carbocycles. The van der Waals surface area contributed by atoms with Crippen LogP contribution in [0.15, 0.2) is 0 Å². The third-order valence-corrected chi connectivity index (χ3v) is 6.31. The fourth-order valence-corrected chi connectivity index (χ4v) is 4.06. The Kier molecular flexibility index (Phi) is 13.5. The van der Waals surface area contributed by atoms with Crippen molar-refractivity contribution >= 4 is 0 Å². The molecule has 12 N–H and O–H groups in total. The minimum absolute atomic E-state index is 0.319. The van der Waals surface area contributed by atoms with E-state index in [0.29, 0.717) is 6.61 Å². The summed E-state index contributed by atoms with van der Waals surface area (Å²) in [5, 5.41) is 117. The Morgan fingerprint density at radius 2 is 0.895 bits per heavy atom. The van der Waals surface area contributed by atoms with Gasteiger partial charge in [0, 0.05) is 6.61 Å². The van der Waals surface area contributed by atoms with E-state index in [1.807, 2.05) is 6.92 Å². The van der Waals surface area contributed by atoms with E-state index in [1.165, 1.54) is 0 Å². The normalized spacial score (nSPS) is 47.8. The Morgan fingerprint density at radius 3 is 1.34 bits per heavy atom. The van der Waals surface area contributed by atoms with Gasteiger partial charge in [-0.3, -0.25) is 0 Å². The van der Waals surface area contributed by atoms with Gasteiger partial charge in [-0.05, 0) is 6.42 Å². The van der Waals surface area contributed by atoms with Crippen LogP contribution in [-0.2, 0) is 23.7 Å². The lowest BCUT2D eigenvalue weighted by atomic mass is 9.96. The summed E-state index contributed by atoms with van der Waals surface area (Å²) in [6.45, 7) is -0.0712. The second-order valence-corrected chi connectivity index (χ2v) is 9.06. The number of hydrogen-bond donors (Lipinski definition) is 12. The Labute approximate surface area is 217 Å². The highest BCUT2D eigenvalue weighted by molar-refractivity contribution is 4.96. The summed E-state index contributed by atoms with van der Waals surface area (Å²) in [5.41, 5.74) is 0. The van der Waals surface area contributed by atoms with E-state index in [2.05, 4.69) is 0 Å². The molecule has 0 bridgehead atoms. The van der Waals surface area contributed by atoms with Crippen LogP contribution in [0, 0.1) is 0 Å². The highest BCUT2D eigenvalue weighted by Gasteiger charge is 2.53. The Hall–Kier alpha value is -0.680. The summed E-state index contributed by atoms with van der Waals surface area (Å²) in [6.07, 6.45) is -24.3. The van der Waals surface area contributed by atoms with Gasteiger partial charge < -0.3 is 85.0 Å². The summed E-state index contributed by atoms with van der Waals surface area (Å²) in [4.78, 5) is 0. The zero-order valence-corrected chi connectivity index (χ0v) is 20.6. The molecule has 3 aliphatic rings. The highest BCUT2D eigenvalue weighted by atomic mass is 16.8. The molecule has 3 rings (SSSR count). The van der Waals surface area contributed by atoms with Crippen molar-refractivity contribution in [2.75, 3.05) is 26.4 Å². The standard InChI is InChI=1S/C18H32O16.C3H8O/c19-1-4-7(22)8(23)12(27)17(31-4)34-15-6(3-21)32-18(13(28)10(15)25)33-14-5(2-20)30-16(29)11(26)9(14)24;1-2-3-4/h4-29H,1-3H2;4H,2-3H2,1H3/t4-,5-,6-,7-,8+,9-,10-,11-,12-,13-,14-,15-,16?,17+,18+;/m1./s1. The van der Waals surface area contributed by atoms with Crippen molar-refractivity contribution in [3.8, 4) is 0 Å². The van der Waals surface area contributed by atoms with Crippen LogP contribution in [-0.4, -0.2) is 180 Å². The van der Waals surface area contributed by atoms with Gasteiger partial charge in [0.25, 0.3) is 0 Å². The van der Waals surface area contributed by atoms with E-state index in [4.69, 9.17) is 28.8 Å². The third kappa shape index (κ3) is 7.53. The lowest BCUT2D eigenvalue weighted by molar-refractivity contribution is -0.377. The lowest BCUT2D eigenvalue weighted by Crippen LogP contribution is -2.66. The topological polar surface area (TPSA) is 289 Å². The number of aliphatic hydroxyl groups excluding tert-OH is 12. The van der Waals surface area contributed by atoms with Crippen molar-refractivity contribution in [2.45, 2.75) is 105 Å². The average Bonchev–Trinajstić information content (AvgIpc) is 2.92. The molecule has 3 saturated heterocycles. The van der Waals surface area contributed by atoms with Crippen molar-refractivity contribution in [3.05, 3.63) is 0 Å². The Bertz CT molecular complexity index is 666. The zero-order chi connectivity index (χ0) is 28.7. The molecule has 15 atom stereocenters. The van der Waals surface area contributed by atoms with Gasteiger partial charge in [-0.1, -0.05) is 6.92 Å². The first-order valence-electron chi connectivity index (χ1n) is 12.1. The Balaban J connectivity index is 0.00000118. The van der Waals surface area contributed by atoms with Gasteiger partial charge >= 0.3 is 0 Å². The van der Waals surface area contributed by atoms with Gasteiger partial charge in [0.15, 0.2) is 18.9 Å². The number of rotatable bonds is 8. The summed E-state index contributed by atoms with van der Waals surface area (Å²) < 4.78 is 26.4. The largest absolute Gasteiger partial charge is 0.396 e. The molecule has 17 heteroatoms. The fraction of sp³-hybridized carbons (Fsp3) is 1.00. The van der Waals surface area contributed by atoms with E-state index in [-0.39, 0.29) is 0 Å². The predicted molar refractivity (Wildman–Crippen MR) is 119 cm³/mol. The summed E-state index contributed by atoms with van der Waals surface area (Å²) in [6, 6.07) is 0. The molecule has 0 aromatic heterocycles. The van der Waals surface area contributed by atoms with Crippen LogP contribution in [0.1, 0.15) is 13.3 Å². The maximum atomic E-state index is 10.6. The molecule has 0 aromatic rings. The average molecular weight is 565 g/mol. The lowest BCUT2D eigenvalue weighted by Gasteiger charge is -2.47. The van der Waals surface area contributed by atoms with Crippen molar-refractivity contribution in [1.82, 2.24) is 0 Å². The zero-order valence-electron chi connectivity index (χ0n) is 20.6. The van der Waals surface area contributed by atoms with E-state index < -0.39 is 112 Å². The van der Waals surface area contributed by atoms with Crippen molar-refractivity contribution in [3.63, 3.8) is 0 Å². The molecule has 3 fully saturated rings. The maximum Gasteiger partial charge on any atom is 0.187 e. The van der Waals surface area contributed by atoms with Gasteiger partial charge in [0.05, 0.1) is 19.8 Å². The number of hydrogen-bond acceptors (Lipinski definition) is 17. The number of ether oxygens (including phenoxy) is 5. The smallest absolute Gasteiger partial charge is 0.187 e. The second kappa shape index (κ2) is 15.4. The van der Waals surface area contributed by atoms with Gasteiger partial charge in [-0.15, -0.1) is 0 Å². The first-order chi connectivity index (χ1) is 18.0. The first-order valence-corrected chi connectivity index (χ1v) is 12.1. The second-order valence-electron chi connectivity index (χ2n) is 9.06. The minimum atomic E-state index is -1.91. The van der Waals surface area contributed by atoms with Crippen LogP contribution in [0.4, 0.5) is 0 Å². The molecular formula is C21H40O17. The van der Waals surface area contributed by atoms with E-state index >= 15 is 0 Å². The number of aliphatic hydroxyl groups is 12. The van der Waals surface area contributed by atoms with Crippen LogP contribution in [0.2, 0.25) is 0 Å². The maximum absolute atomic E-state index is 10.6. The molecule has 0 spiro atoms. The van der Waals surface area contributed by atoms with E-state index in [1.54, 1.807) is 0 Å². The van der Waals surface area contributed by atoms with Gasteiger partial charge in [0.2, 0.25) is 0 Å². The van der Waals surface area contributed by atoms with Crippen molar-refractivity contribution in [1.29, 1.82) is 0 Å². The molecule has 17 nitrogen and oxygen atoms in total. The molecule has 0 amide bonds. The summed E-state index contributed by atoms with van der Waals surface area (Å²) >= 11 is 0. The molecule has 3 heterocycles. The fourth-order valence-electron chi connectivity index (χ4n) is 4.06. The van der Waals surface area contributed by atoms with Crippen LogP contribution in [0.3, 0.4) is 0 Å². The van der Waals surface area contributed by atoms with Gasteiger partial charge in [-0.2, -0.15) is 0 Å². The van der Waals surface area contributed by atoms with Crippen molar-refractivity contribution in [2.24, 2.45) is 0 Å². The van der Waals surface area contributed by atoms with Crippen LogP contribution < -0.4 is 0 Å². The van der Waals surface area contributed by atoms with Crippen LogP contribution in [0.25, 0.3) is 0 Å². The predicted octanol–water partition coefficient (Wildman–Crippen LogP) is -7.18. The summed E-state index contributed by atoms with van der Waals surface area (Å²) in [5.74, 6) is 0. The van der Waals surface area contributed by atoms with Gasteiger partial charge in [-0.25, -0.2) is 0 Å². The molecule has 1 unspecified atom stereocenters. The van der Waals surface area contributed by atoms with Crippen LogP contribution >= 0.6 is 0 Å². The SMILES string of the molecule is CCCO.OC[C@H]1O[C@@H](O[C@H]2[C@H](O)[C@@H](O)[C@H](O[C@H]3[C@H](O)[C@@H](O)C(O)O[C@@H]3CO)O[C@@H]2CO)[C@H](O)[C@@H](O)[C@@H]1O. The van der Waals surface area contributed by atoms with Crippen LogP contribution in [0.5, 0.6) is 0 Å². The molecule has 0 aliphatic carbocycles. The molecule has 0 aromatic carbocycles. The van der Waals surface area contributed by atoms with Crippen molar-refractivity contribution < 1.29 is 85.0 Å². The molecule has 38 heavy (non-hydrogen) atoms. The monoisotopic (exact) mass is 564 g/mol.